The summed E-state index contributed by atoms with van der Waals surface area (Å²) in [5, 5.41) is 16.6. The molecular formula is C10H15N5O3S. The lowest BCUT2D eigenvalue weighted by Crippen LogP contribution is -2.22. The molecule has 0 radical (unpaired) electrons. The molecule has 0 saturated heterocycles. The van der Waals surface area contributed by atoms with Gasteiger partial charge in [0.2, 0.25) is 10.0 Å². The molecule has 2 aromatic rings. The van der Waals surface area contributed by atoms with E-state index in [1.807, 2.05) is 0 Å². The van der Waals surface area contributed by atoms with Gasteiger partial charge in [-0.25, -0.2) is 13.1 Å². The van der Waals surface area contributed by atoms with Crippen molar-refractivity contribution in [1.29, 1.82) is 0 Å². The van der Waals surface area contributed by atoms with Crippen LogP contribution >= 0.6 is 0 Å². The molecule has 0 spiro atoms. The van der Waals surface area contributed by atoms with Crippen LogP contribution in [0.3, 0.4) is 0 Å². The second-order valence-electron chi connectivity index (χ2n) is 4.01. The smallest absolute Gasteiger partial charge is 0.243 e. The van der Waals surface area contributed by atoms with Crippen LogP contribution in [0, 0.1) is 0 Å². The zero-order chi connectivity index (χ0) is 13.9. The fraction of sp³-hybridized carbons (Fsp3) is 0.400. The van der Waals surface area contributed by atoms with Gasteiger partial charge in [0.25, 0.3) is 0 Å². The second kappa shape index (κ2) is 5.51. The van der Waals surface area contributed by atoms with E-state index >= 15 is 0 Å². The van der Waals surface area contributed by atoms with Crippen LogP contribution in [0.25, 0.3) is 0 Å². The van der Waals surface area contributed by atoms with Crippen LogP contribution in [0.2, 0.25) is 0 Å². The van der Waals surface area contributed by atoms with Crippen molar-refractivity contribution in [3.63, 3.8) is 0 Å². The number of nitrogens with zero attached hydrogens (tertiary/aromatic N) is 4. The van der Waals surface area contributed by atoms with Crippen LogP contribution < -0.4 is 4.72 Å². The van der Waals surface area contributed by atoms with Gasteiger partial charge in [0.15, 0.2) is 0 Å². The van der Waals surface area contributed by atoms with Gasteiger partial charge in [0.05, 0.1) is 25.5 Å². The first-order valence-corrected chi connectivity index (χ1v) is 7.10. The maximum Gasteiger partial charge on any atom is 0.243 e. The fourth-order valence-electron chi connectivity index (χ4n) is 1.53. The number of aromatic nitrogens is 4. The number of nitrogens with one attached hydrogen (secondary N) is 1. The highest BCUT2D eigenvalue weighted by Crippen LogP contribution is 2.08. The third-order valence-electron chi connectivity index (χ3n) is 2.47. The molecule has 0 atom stereocenters. The third kappa shape index (κ3) is 3.40. The third-order valence-corrected chi connectivity index (χ3v) is 3.83. The van der Waals surface area contributed by atoms with E-state index in [2.05, 4.69) is 14.9 Å². The average Bonchev–Trinajstić information content (AvgIpc) is 2.97. The zero-order valence-corrected chi connectivity index (χ0v) is 11.2. The Morgan fingerprint density at radius 3 is 2.74 bits per heavy atom. The molecule has 2 N–H and O–H groups in total. The molecule has 9 heteroatoms. The molecule has 0 aromatic carbocycles. The highest BCUT2D eigenvalue weighted by atomic mass is 32.2. The van der Waals surface area contributed by atoms with E-state index in [0.717, 1.165) is 5.56 Å². The first-order valence-electron chi connectivity index (χ1n) is 5.62. The lowest BCUT2D eigenvalue weighted by molar-refractivity contribution is 0.269. The van der Waals surface area contributed by atoms with Crippen LogP contribution in [0.5, 0.6) is 0 Å². The molecule has 0 aliphatic heterocycles. The fourth-order valence-corrected chi connectivity index (χ4v) is 2.50. The monoisotopic (exact) mass is 285 g/mol. The van der Waals surface area contributed by atoms with Gasteiger partial charge in [0, 0.05) is 31.5 Å². The Bertz CT molecular complexity index is 646. The van der Waals surface area contributed by atoms with E-state index in [1.165, 1.54) is 17.1 Å². The zero-order valence-electron chi connectivity index (χ0n) is 10.4. The van der Waals surface area contributed by atoms with Gasteiger partial charge in [-0.3, -0.25) is 9.36 Å². The molecule has 0 saturated carbocycles. The number of aryl methyl sites for hydroxylation is 1. The van der Waals surface area contributed by atoms with E-state index < -0.39 is 10.0 Å². The van der Waals surface area contributed by atoms with Gasteiger partial charge in [-0.15, -0.1) is 0 Å². The summed E-state index contributed by atoms with van der Waals surface area (Å²) in [6.07, 6.45) is 5.96. The number of aliphatic hydroxyl groups is 1. The summed E-state index contributed by atoms with van der Waals surface area (Å²) in [6.45, 7) is 0.337. The molecule has 2 rings (SSSR count). The Morgan fingerprint density at radius 1 is 1.32 bits per heavy atom. The Balaban J connectivity index is 2.04. The lowest BCUT2D eigenvalue weighted by Gasteiger charge is -2.02. The lowest BCUT2D eigenvalue weighted by atomic mass is 10.4. The standard InChI is InChI=1S/C10H15N5O3S/c1-14-7-9(4-11-14)5-13-19(17,18)10-6-12-15(8-10)2-3-16/h4,6-8,13,16H,2-3,5H2,1H3. The van der Waals surface area contributed by atoms with Crippen molar-refractivity contribution in [1.82, 2.24) is 24.3 Å². The minimum Gasteiger partial charge on any atom is -0.394 e. The van der Waals surface area contributed by atoms with Gasteiger partial charge in [-0.05, 0) is 0 Å². The average molecular weight is 285 g/mol. The maximum atomic E-state index is 12.0. The summed E-state index contributed by atoms with van der Waals surface area (Å²) in [5.41, 5.74) is 0.772. The van der Waals surface area contributed by atoms with Gasteiger partial charge < -0.3 is 5.11 Å². The quantitative estimate of drug-likeness (QED) is 0.715. The molecule has 0 fully saturated rings. The van der Waals surface area contributed by atoms with E-state index in [1.54, 1.807) is 24.1 Å². The van der Waals surface area contributed by atoms with E-state index in [-0.39, 0.29) is 24.6 Å². The number of rotatable bonds is 6. The van der Waals surface area contributed by atoms with Crippen molar-refractivity contribution in [3.8, 4) is 0 Å². The van der Waals surface area contributed by atoms with Crippen LogP contribution in [0.4, 0.5) is 0 Å². The van der Waals surface area contributed by atoms with Crippen LogP contribution in [-0.2, 0) is 30.2 Å². The highest BCUT2D eigenvalue weighted by Gasteiger charge is 2.16. The molecule has 2 aromatic heterocycles. The molecule has 19 heavy (non-hydrogen) atoms. The normalized spacial score (nSPS) is 11.9. The maximum absolute atomic E-state index is 12.0. The van der Waals surface area contributed by atoms with E-state index in [4.69, 9.17) is 5.11 Å². The van der Waals surface area contributed by atoms with E-state index in [9.17, 15) is 8.42 Å². The van der Waals surface area contributed by atoms with Crippen molar-refractivity contribution in [3.05, 3.63) is 30.4 Å². The summed E-state index contributed by atoms with van der Waals surface area (Å²) in [5.74, 6) is 0. The molecule has 0 unspecified atom stereocenters. The Hall–Kier alpha value is -1.71. The highest BCUT2D eigenvalue weighted by molar-refractivity contribution is 7.89. The molecule has 0 aliphatic carbocycles. The number of aliphatic hydroxyl groups excluding tert-OH is 1. The first kappa shape index (κ1) is 13.7. The van der Waals surface area contributed by atoms with Crippen molar-refractivity contribution in [2.75, 3.05) is 6.61 Å². The van der Waals surface area contributed by atoms with Crippen molar-refractivity contribution in [2.45, 2.75) is 18.0 Å². The van der Waals surface area contributed by atoms with Crippen LogP contribution in [0.15, 0.2) is 29.7 Å². The topological polar surface area (TPSA) is 102 Å². The van der Waals surface area contributed by atoms with Gasteiger partial charge >= 0.3 is 0 Å². The van der Waals surface area contributed by atoms with Crippen molar-refractivity contribution >= 4 is 10.0 Å². The number of hydrogen-bond acceptors (Lipinski definition) is 5. The summed E-state index contributed by atoms with van der Waals surface area (Å²) < 4.78 is 29.4. The van der Waals surface area contributed by atoms with Crippen LogP contribution in [-0.4, -0.2) is 39.7 Å². The largest absolute Gasteiger partial charge is 0.394 e. The predicted octanol–water partition coefficient (Wildman–Crippen LogP) is -0.913. The second-order valence-corrected chi connectivity index (χ2v) is 5.78. The van der Waals surface area contributed by atoms with Gasteiger partial charge in [0.1, 0.15) is 4.90 Å². The molecule has 0 amide bonds. The van der Waals surface area contributed by atoms with E-state index in [0.29, 0.717) is 0 Å². The predicted molar refractivity (Wildman–Crippen MR) is 66.5 cm³/mol. The van der Waals surface area contributed by atoms with Gasteiger partial charge in [-0.2, -0.15) is 10.2 Å². The van der Waals surface area contributed by atoms with Gasteiger partial charge in [-0.1, -0.05) is 0 Å². The Kier molecular flexibility index (Phi) is 3.98. The summed E-state index contributed by atoms with van der Waals surface area (Å²) >= 11 is 0. The Morgan fingerprint density at radius 2 is 2.11 bits per heavy atom. The molecule has 0 aliphatic rings. The summed E-state index contributed by atoms with van der Waals surface area (Å²) in [4.78, 5) is 0.0739. The SMILES string of the molecule is Cn1cc(CNS(=O)(=O)c2cnn(CCO)c2)cn1. The first-order chi connectivity index (χ1) is 9.01. The van der Waals surface area contributed by atoms with Crippen molar-refractivity contribution in [2.24, 2.45) is 7.05 Å². The number of sulfonamides is 1. The molecule has 0 bridgehead atoms. The number of hydrogen-bond donors (Lipinski definition) is 2. The molecule has 8 nitrogen and oxygen atoms in total. The summed E-state index contributed by atoms with van der Waals surface area (Å²) in [7, 11) is -1.84. The molecular weight excluding hydrogens is 270 g/mol. The van der Waals surface area contributed by atoms with Crippen LogP contribution in [0.1, 0.15) is 5.56 Å². The molecule has 104 valence electrons. The Labute approximate surface area is 110 Å². The van der Waals surface area contributed by atoms with Crippen molar-refractivity contribution < 1.29 is 13.5 Å². The molecule has 2 heterocycles. The minimum absolute atomic E-state index is 0.0739. The minimum atomic E-state index is -3.60. The summed E-state index contributed by atoms with van der Waals surface area (Å²) in [6, 6.07) is 0.